The normalized spacial score (nSPS) is 20.6. The Morgan fingerprint density at radius 2 is 1.61 bits per heavy atom. The van der Waals surface area contributed by atoms with Gasteiger partial charge in [0.15, 0.2) is 0 Å². The second-order valence-corrected chi connectivity index (χ2v) is 8.67. The minimum atomic E-state index is -0.639. The summed E-state index contributed by atoms with van der Waals surface area (Å²) < 4.78 is 19.1. The first-order chi connectivity index (χ1) is 16.0. The van der Waals surface area contributed by atoms with Crippen molar-refractivity contribution in [2.24, 2.45) is 0 Å². The molecule has 2 amide bonds. The molecule has 2 aliphatic heterocycles. The van der Waals surface area contributed by atoms with Crippen LogP contribution in [0, 0.1) is 5.82 Å². The molecule has 0 N–H and O–H groups in total. The van der Waals surface area contributed by atoms with Crippen molar-refractivity contribution < 1.29 is 18.7 Å². The number of likely N-dealkylation sites (tertiary alicyclic amines) is 1. The van der Waals surface area contributed by atoms with Crippen molar-refractivity contribution in [2.45, 2.75) is 24.9 Å². The molecule has 0 bridgehead atoms. The van der Waals surface area contributed by atoms with E-state index in [1.165, 1.54) is 12.1 Å². The minimum Gasteiger partial charge on any atom is -0.441 e. The lowest BCUT2D eigenvalue weighted by atomic mass is 9.94. The van der Waals surface area contributed by atoms with E-state index in [4.69, 9.17) is 4.74 Å². The van der Waals surface area contributed by atoms with Crippen molar-refractivity contribution in [3.8, 4) is 11.1 Å². The summed E-state index contributed by atoms with van der Waals surface area (Å²) in [4.78, 5) is 29.5. The molecule has 0 unspecified atom stereocenters. The van der Waals surface area contributed by atoms with E-state index >= 15 is 0 Å². The fraction of sp³-hybridized carbons (Fsp3) is 0.259. The van der Waals surface area contributed by atoms with Gasteiger partial charge in [0, 0.05) is 30.8 Å². The number of ether oxygens (including phenoxy) is 1. The van der Waals surface area contributed by atoms with Crippen LogP contribution in [0.5, 0.6) is 0 Å². The average Bonchev–Trinajstić information content (AvgIpc) is 3.03. The third kappa shape index (κ3) is 4.21. The average molecular weight is 445 g/mol. The van der Waals surface area contributed by atoms with E-state index < -0.39 is 11.7 Å². The van der Waals surface area contributed by atoms with Crippen LogP contribution in [0.2, 0.25) is 0 Å². The first-order valence-electron chi connectivity index (χ1n) is 11.2. The largest absolute Gasteiger partial charge is 0.441 e. The van der Waals surface area contributed by atoms with Gasteiger partial charge in [-0.25, -0.2) is 9.18 Å². The number of carbonyl (C=O) groups is 2. The van der Waals surface area contributed by atoms with Crippen LogP contribution in [0.15, 0.2) is 78.9 Å². The smallest absolute Gasteiger partial charge is 0.415 e. The Morgan fingerprint density at radius 1 is 0.879 bits per heavy atom. The molecule has 0 aliphatic carbocycles. The van der Waals surface area contributed by atoms with Gasteiger partial charge in [0.1, 0.15) is 11.4 Å². The third-order valence-electron chi connectivity index (χ3n) is 6.54. The Kier molecular flexibility index (Phi) is 5.58. The van der Waals surface area contributed by atoms with E-state index in [-0.39, 0.29) is 11.7 Å². The number of carbonyl (C=O) groups excluding carboxylic acids is 2. The summed E-state index contributed by atoms with van der Waals surface area (Å²) in [7, 11) is 0. The Labute approximate surface area is 192 Å². The lowest BCUT2D eigenvalue weighted by molar-refractivity contribution is 0.0439. The highest BCUT2D eigenvalue weighted by Gasteiger charge is 2.46. The number of anilines is 1. The van der Waals surface area contributed by atoms with Crippen LogP contribution in [-0.2, 0) is 4.74 Å². The molecule has 5 nitrogen and oxygen atoms in total. The summed E-state index contributed by atoms with van der Waals surface area (Å²) >= 11 is 0. The van der Waals surface area contributed by atoms with E-state index in [1.807, 2.05) is 59.5 Å². The predicted molar refractivity (Wildman–Crippen MR) is 125 cm³/mol. The lowest BCUT2D eigenvalue weighted by Gasteiger charge is -2.26. The van der Waals surface area contributed by atoms with Crippen LogP contribution < -0.4 is 4.90 Å². The molecule has 0 radical (unpaired) electrons. The van der Waals surface area contributed by atoms with Crippen molar-refractivity contribution in [2.75, 3.05) is 24.5 Å². The Bertz CT molecular complexity index is 1170. The zero-order valence-corrected chi connectivity index (χ0v) is 18.2. The molecule has 168 valence electrons. The number of hydrogen-bond donors (Lipinski definition) is 0. The summed E-state index contributed by atoms with van der Waals surface area (Å²) in [6.45, 7) is 1.52. The molecule has 6 heteroatoms. The van der Waals surface area contributed by atoms with Crippen LogP contribution in [-0.4, -0.2) is 42.1 Å². The highest BCUT2D eigenvalue weighted by Crippen LogP contribution is 2.36. The number of halogens is 1. The predicted octanol–water partition coefficient (Wildman–Crippen LogP) is 5.51. The van der Waals surface area contributed by atoms with Crippen LogP contribution in [0.4, 0.5) is 14.9 Å². The minimum absolute atomic E-state index is 0.00813. The van der Waals surface area contributed by atoms with Gasteiger partial charge in [-0.3, -0.25) is 9.69 Å². The molecule has 2 heterocycles. The third-order valence-corrected chi connectivity index (χ3v) is 6.54. The monoisotopic (exact) mass is 444 g/mol. The standard InChI is InChI=1S/C27H25FN2O3/c28-21-11-13-22(14-12-21)30-19-27(33-26(30)32)15-6-17-29(18-16-27)25(31)24-10-5-4-9-23(24)20-7-2-1-3-8-20/h1-5,7-14H,6,15-19H2/t27-/m1/s1. The van der Waals surface area contributed by atoms with Crippen molar-refractivity contribution >= 4 is 17.7 Å². The van der Waals surface area contributed by atoms with Gasteiger partial charge in [0.2, 0.25) is 0 Å². The zero-order chi connectivity index (χ0) is 22.8. The summed E-state index contributed by atoms with van der Waals surface area (Å²) in [6, 6.07) is 23.4. The molecule has 1 atom stereocenters. The Hall–Kier alpha value is -3.67. The van der Waals surface area contributed by atoms with E-state index in [9.17, 15) is 14.0 Å². The number of rotatable bonds is 3. The van der Waals surface area contributed by atoms with E-state index in [2.05, 4.69) is 0 Å². The maximum Gasteiger partial charge on any atom is 0.415 e. The lowest BCUT2D eigenvalue weighted by Crippen LogP contribution is -2.37. The van der Waals surface area contributed by atoms with E-state index in [0.717, 1.165) is 17.5 Å². The van der Waals surface area contributed by atoms with Crippen LogP contribution in [0.25, 0.3) is 11.1 Å². The molecule has 33 heavy (non-hydrogen) atoms. The van der Waals surface area contributed by atoms with Gasteiger partial charge in [-0.1, -0.05) is 48.5 Å². The number of nitrogens with zero attached hydrogens (tertiary/aromatic N) is 2. The molecular weight excluding hydrogens is 419 g/mol. The number of benzene rings is 3. The van der Waals surface area contributed by atoms with Gasteiger partial charge in [-0.15, -0.1) is 0 Å². The van der Waals surface area contributed by atoms with Crippen LogP contribution >= 0.6 is 0 Å². The van der Waals surface area contributed by atoms with Gasteiger partial charge in [0.25, 0.3) is 5.91 Å². The van der Waals surface area contributed by atoms with Gasteiger partial charge < -0.3 is 9.64 Å². The second kappa shape index (κ2) is 8.70. The molecule has 2 fully saturated rings. The number of hydrogen-bond acceptors (Lipinski definition) is 3. The molecule has 0 aromatic heterocycles. The Balaban J connectivity index is 1.33. The molecule has 3 aromatic rings. The summed E-state index contributed by atoms with van der Waals surface area (Å²) in [5, 5.41) is 0. The molecule has 5 rings (SSSR count). The van der Waals surface area contributed by atoms with Gasteiger partial charge in [-0.05, 0) is 54.3 Å². The van der Waals surface area contributed by atoms with Gasteiger partial charge in [0.05, 0.1) is 6.54 Å². The second-order valence-electron chi connectivity index (χ2n) is 8.67. The van der Waals surface area contributed by atoms with E-state index in [1.54, 1.807) is 17.0 Å². The van der Waals surface area contributed by atoms with Gasteiger partial charge >= 0.3 is 6.09 Å². The molecule has 3 aromatic carbocycles. The first kappa shape index (κ1) is 21.2. The van der Waals surface area contributed by atoms with Crippen molar-refractivity contribution in [3.05, 3.63) is 90.2 Å². The molecule has 0 saturated carbocycles. The quantitative estimate of drug-likeness (QED) is 0.535. The first-order valence-corrected chi connectivity index (χ1v) is 11.2. The zero-order valence-electron chi connectivity index (χ0n) is 18.2. The SMILES string of the molecule is O=C(c1ccccc1-c1ccccc1)N1CCC[C@@]2(CC1)CN(c1ccc(F)cc1)C(=O)O2. The van der Waals surface area contributed by atoms with Crippen LogP contribution in [0.3, 0.4) is 0 Å². The molecular formula is C27H25FN2O3. The molecule has 2 aliphatic rings. The highest BCUT2D eigenvalue weighted by atomic mass is 19.1. The highest BCUT2D eigenvalue weighted by molar-refractivity contribution is 6.01. The van der Waals surface area contributed by atoms with Crippen molar-refractivity contribution in [1.82, 2.24) is 4.90 Å². The van der Waals surface area contributed by atoms with Gasteiger partial charge in [-0.2, -0.15) is 0 Å². The Morgan fingerprint density at radius 3 is 2.39 bits per heavy atom. The summed E-state index contributed by atoms with van der Waals surface area (Å²) in [6.07, 6.45) is 1.57. The van der Waals surface area contributed by atoms with Crippen molar-refractivity contribution in [1.29, 1.82) is 0 Å². The van der Waals surface area contributed by atoms with Crippen LogP contribution in [0.1, 0.15) is 29.6 Å². The fourth-order valence-corrected chi connectivity index (χ4v) is 4.78. The maximum absolute atomic E-state index is 13.5. The summed E-state index contributed by atoms with van der Waals surface area (Å²) in [5.41, 5.74) is 2.58. The van der Waals surface area contributed by atoms with E-state index in [0.29, 0.717) is 43.7 Å². The topological polar surface area (TPSA) is 49.9 Å². The fourth-order valence-electron chi connectivity index (χ4n) is 4.78. The summed E-state index contributed by atoms with van der Waals surface area (Å²) in [5.74, 6) is -0.355. The molecule has 1 spiro atoms. The number of amides is 2. The van der Waals surface area contributed by atoms with Crippen molar-refractivity contribution in [3.63, 3.8) is 0 Å². The molecule has 2 saturated heterocycles. The maximum atomic E-state index is 13.5.